The van der Waals surface area contributed by atoms with E-state index in [0.717, 1.165) is 16.1 Å². The largest absolute Gasteiger partial charge is 0.338 e. The first-order chi connectivity index (χ1) is 12.2. The molecule has 6 nitrogen and oxygen atoms in total. The van der Waals surface area contributed by atoms with Crippen molar-refractivity contribution in [1.82, 2.24) is 14.8 Å². The number of aromatic nitrogens is 3. The number of hydrogen-bond donors (Lipinski definition) is 1. The highest BCUT2D eigenvalue weighted by Crippen LogP contribution is 2.37. The molecule has 1 unspecified atom stereocenters. The summed E-state index contributed by atoms with van der Waals surface area (Å²) in [4.78, 5) is 9.28. The zero-order valence-corrected chi connectivity index (χ0v) is 14.1. The molecule has 4 rings (SSSR count). The van der Waals surface area contributed by atoms with Crippen LogP contribution in [0.2, 0.25) is 0 Å². The van der Waals surface area contributed by atoms with E-state index >= 15 is 0 Å². The SMILES string of the molecule is [C-]#[N+]C1=C(C)Nc2nc(-c3cccs3)nn2C1c1ccc(C#N)cc1. The van der Waals surface area contributed by atoms with Crippen LogP contribution >= 0.6 is 11.3 Å². The van der Waals surface area contributed by atoms with Crippen molar-refractivity contribution >= 4 is 17.3 Å². The van der Waals surface area contributed by atoms with Crippen LogP contribution in [0.4, 0.5) is 5.95 Å². The molecule has 0 fully saturated rings. The van der Waals surface area contributed by atoms with Gasteiger partial charge in [-0.15, -0.1) is 16.4 Å². The van der Waals surface area contributed by atoms with Crippen LogP contribution in [-0.2, 0) is 0 Å². The average Bonchev–Trinajstić information content (AvgIpc) is 3.30. The van der Waals surface area contributed by atoms with Gasteiger partial charge in [0.25, 0.3) is 0 Å². The highest BCUT2D eigenvalue weighted by Gasteiger charge is 2.31. The van der Waals surface area contributed by atoms with Crippen LogP contribution < -0.4 is 5.32 Å². The number of anilines is 1. The molecule has 1 atom stereocenters. The van der Waals surface area contributed by atoms with E-state index in [9.17, 15) is 0 Å². The van der Waals surface area contributed by atoms with E-state index in [-0.39, 0.29) is 6.04 Å². The van der Waals surface area contributed by atoms with Crippen LogP contribution in [-0.4, -0.2) is 14.8 Å². The highest BCUT2D eigenvalue weighted by atomic mass is 32.1. The summed E-state index contributed by atoms with van der Waals surface area (Å²) < 4.78 is 1.75. The van der Waals surface area contributed by atoms with E-state index in [1.54, 1.807) is 28.2 Å². The van der Waals surface area contributed by atoms with Crippen molar-refractivity contribution in [3.8, 4) is 16.8 Å². The van der Waals surface area contributed by atoms with Crippen molar-refractivity contribution < 1.29 is 0 Å². The molecule has 3 aromatic rings. The Kier molecular flexibility index (Phi) is 3.57. The second-order valence-electron chi connectivity index (χ2n) is 5.56. The van der Waals surface area contributed by atoms with Crippen molar-refractivity contribution in [3.63, 3.8) is 0 Å². The molecular formula is C18H12N6S. The molecule has 1 aromatic carbocycles. The molecule has 120 valence electrons. The number of hydrogen-bond acceptors (Lipinski definition) is 5. The van der Waals surface area contributed by atoms with Gasteiger partial charge in [0, 0.05) is 5.70 Å². The van der Waals surface area contributed by atoms with Gasteiger partial charge in [0.05, 0.1) is 23.1 Å². The van der Waals surface area contributed by atoms with Crippen LogP contribution in [0.15, 0.2) is 53.2 Å². The van der Waals surface area contributed by atoms with Crippen LogP contribution in [0.25, 0.3) is 15.5 Å². The molecular weight excluding hydrogens is 332 g/mol. The molecule has 1 aliphatic rings. The van der Waals surface area contributed by atoms with E-state index < -0.39 is 0 Å². The minimum Gasteiger partial charge on any atom is -0.338 e. The molecule has 2 aromatic heterocycles. The molecule has 25 heavy (non-hydrogen) atoms. The molecule has 0 saturated heterocycles. The number of benzene rings is 1. The fourth-order valence-electron chi connectivity index (χ4n) is 2.84. The van der Waals surface area contributed by atoms with Gasteiger partial charge in [0.1, 0.15) is 6.04 Å². The molecule has 0 spiro atoms. The van der Waals surface area contributed by atoms with Gasteiger partial charge >= 0.3 is 0 Å². The lowest BCUT2D eigenvalue weighted by Crippen LogP contribution is -2.23. The first-order valence-electron chi connectivity index (χ1n) is 7.57. The second kappa shape index (κ2) is 5.90. The van der Waals surface area contributed by atoms with Gasteiger partial charge in [-0.05, 0) is 36.1 Å². The Balaban J connectivity index is 1.86. The zero-order chi connectivity index (χ0) is 17.4. The molecule has 0 saturated carbocycles. The van der Waals surface area contributed by atoms with Gasteiger partial charge in [0.2, 0.25) is 11.6 Å². The molecule has 0 amide bonds. The molecule has 0 radical (unpaired) electrons. The summed E-state index contributed by atoms with van der Waals surface area (Å²) in [6, 6.07) is 12.9. The summed E-state index contributed by atoms with van der Waals surface area (Å²) >= 11 is 1.57. The lowest BCUT2D eigenvalue weighted by molar-refractivity contribution is 0.585. The van der Waals surface area contributed by atoms with E-state index in [4.69, 9.17) is 11.8 Å². The number of allylic oxidation sites excluding steroid dienone is 2. The van der Waals surface area contributed by atoms with Gasteiger partial charge in [-0.1, -0.05) is 18.2 Å². The van der Waals surface area contributed by atoms with Gasteiger partial charge in [-0.25, -0.2) is 9.53 Å². The maximum atomic E-state index is 9.00. The van der Waals surface area contributed by atoms with E-state index in [1.807, 2.05) is 36.6 Å². The fraction of sp³-hybridized carbons (Fsp3) is 0.111. The number of nitrogens with zero attached hydrogens (tertiary/aromatic N) is 5. The Morgan fingerprint density at radius 2 is 2.12 bits per heavy atom. The Hall–Kier alpha value is -3.42. The van der Waals surface area contributed by atoms with E-state index in [2.05, 4.69) is 26.3 Å². The minimum absolute atomic E-state index is 0.359. The smallest absolute Gasteiger partial charge is 0.224 e. The molecule has 1 N–H and O–H groups in total. The summed E-state index contributed by atoms with van der Waals surface area (Å²) in [7, 11) is 0. The van der Waals surface area contributed by atoms with Crippen molar-refractivity contribution in [2.75, 3.05) is 5.32 Å². The van der Waals surface area contributed by atoms with Crippen molar-refractivity contribution in [3.05, 3.63) is 75.7 Å². The lowest BCUT2D eigenvalue weighted by Gasteiger charge is -2.25. The van der Waals surface area contributed by atoms with E-state index in [0.29, 0.717) is 23.0 Å². The number of nitrogens with one attached hydrogen (secondary N) is 1. The fourth-order valence-corrected chi connectivity index (χ4v) is 3.49. The first-order valence-corrected chi connectivity index (χ1v) is 8.45. The molecule has 0 aliphatic carbocycles. The number of nitriles is 1. The van der Waals surface area contributed by atoms with Gasteiger partial charge in [-0.3, -0.25) is 0 Å². The minimum atomic E-state index is -0.359. The van der Waals surface area contributed by atoms with Crippen LogP contribution in [0, 0.1) is 17.9 Å². The molecule has 0 bridgehead atoms. The topological polar surface area (TPSA) is 70.9 Å². The maximum absolute atomic E-state index is 9.00. The summed E-state index contributed by atoms with van der Waals surface area (Å²) in [5.74, 6) is 1.25. The quantitative estimate of drug-likeness (QED) is 0.712. The first kappa shape index (κ1) is 15.1. The summed E-state index contributed by atoms with van der Waals surface area (Å²) in [6.07, 6.45) is 0. The number of fused-ring (bicyclic) bond motifs is 1. The Morgan fingerprint density at radius 3 is 2.76 bits per heavy atom. The monoisotopic (exact) mass is 344 g/mol. The Morgan fingerprint density at radius 1 is 1.32 bits per heavy atom. The van der Waals surface area contributed by atoms with Crippen LogP contribution in [0.3, 0.4) is 0 Å². The van der Waals surface area contributed by atoms with Crippen LogP contribution in [0.1, 0.15) is 24.1 Å². The molecule has 7 heteroatoms. The third-order valence-electron chi connectivity index (χ3n) is 4.04. The highest BCUT2D eigenvalue weighted by molar-refractivity contribution is 7.13. The Labute approximate surface area is 148 Å². The van der Waals surface area contributed by atoms with Crippen molar-refractivity contribution in [1.29, 1.82) is 5.26 Å². The summed E-state index contributed by atoms with van der Waals surface area (Å²) in [5, 5.41) is 18.8. The lowest BCUT2D eigenvalue weighted by atomic mass is 10.0. The third kappa shape index (κ3) is 2.47. The average molecular weight is 344 g/mol. The van der Waals surface area contributed by atoms with Gasteiger partial charge in [-0.2, -0.15) is 10.2 Å². The number of rotatable bonds is 2. The normalized spacial score (nSPS) is 15.9. The van der Waals surface area contributed by atoms with Crippen molar-refractivity contribution in [2.24, 2.45) is 0 Å². The van der Waals surface area contributed by atoms with E-state index in [1.165, 1.54) is 0 Å². The maximum Gasteiger partial charge on any atom is 0.224 e. The standard InChI is InChI=1S/C18H12N6S/c1-11-15(20-2)16(13-7-5-12(10-19)6-8-13)24-18(21-11)22-17(23-24)14-4-3-9-25-14/h3-9,16H,1H3,(H,21,22,23). The summed E-state index contributed by atoms with van der Waals surface area (Å²) in [5.41, 5.74) is 2.82. The zero-order valence-electron chi connectivity index (χ0n) is 13.3. The van der Waals surface area contributed by atoms with Gasteiger partial charge in [0.15, 0.2) is 5.82 Å². The predicted octanol–water partition coefficient (Wildman–Crippen LogP) is 4.04. The molecule has 1 aliphatic heterocycles. The molecule has 3 heterocycles. The Bertz CT molecular complexity index is 1040. The number of thiophene rings is 1. The van der Waals surface area contributed by atoms with Gasteiger partial charge < -0.3 is 5.32 Å². The van der Waals surface area contributed by atoms with Crippen molar-refractivity contribution in [2.45, 2.75) is 13.0 Å². The summed E-state index contributed by atoms with van der Waals surface area (Å²) in [6.45, 7) is 9.46. The van der Waals surface area contributed by atoms with Crippen LogP contribution in [0.5, 0.6) is 0 Å². The third-order valence-corrected chi connectivity index (χ3v) is 4.90. The second-order valence-corrected chi connectivity index (χ2v) is 6.51. The predicted molar refractivity (Wildman–Crippen MR) is 95.6 cm³/mol.